The lowest BCUT2D eigenvalue weighted by atomic mass is 9.95. The molecule has 0 fully saturated rings. The van der Waals surface area contributed by atoms with Gasteiger partial charge in [-0.2, -0.15) is 0 Å². The van der Waals surface area contributed by atoms with E-state index in [0.717, 1.165) is 28.9 Å². The van der Waals surface area contributed by atoms with Gasteiger partial charge in [-0.3, -0.25) is 4.79 Å². The molecule has 0 aliphatic heterocycles. The molecule has 6 nitrogen and oxygen atoms in total. The molecule has 0 radical (unpaired) electrons. The predicted octanol–water partition coefficient (Wildman–Crippen LogP) is 5.50. The van der Waals surface area contributed by atoms with E-state index >= 15 is 0 Å². The summed E-state index contributed by atoms with van der Waals surface area (Å²) in [5.41, 5.74) is 3.22. The molecule has 1 heterocycles. The van der Waals surface area contributed by atoms with Crippen LogP contribution in [0.3, 0.4) is 0 Å². The van der Waals surface area contributed by atoms with Crippen molar-refractivity contribution in [1.82, 2.24) is 4.98 Å². The molecule has 1 aromatic heterocycles. The molecule has 1 aliphatic rings. The molecule has 170 valence electrons. The minimum absolute atomic E-state index is 0.0563. The average Bonchev–Trinajstić information content (AvgIpc) is 2.76. The minimum atomic E-state index is -0.707. The number of carbonyl (C=O) groups excluding carboxylic acids is 1. The third-order valence-corrected chi connectivity index (χ3v) is 5.35. The fourth-order valence-electron chi connectivity index (χ4n) is 3.64. The van der Waals surface area contributed by atoms with E-state index in [2.05, 4.69) is 17.1 Å². The van der Waals surface area contributed by atoms with Crippen LogP contribution in [0.1, 0.15) is 41.8 Å². The number of pyridine rings is 1. The van der Waals surface area contributed by atoms with Crippen molar-refractivity contribution >= 4 is 17.6 Å². The summed E-state index contributed by atoms with van der Waals surface area (Å²) in [7, 11) is 1.52. The van der Waals surface area contributed by atoms with Crippen LogP contribution in [0, 0.1) is 19.8 Å². The summed E-state index contributed by atoms with van der Waals surface area (Å²) >= 11 is 6.29. The number of carbonyl (C=O) groups is 1. The van der Waals surface area contributed by atoms with E-state index in [4.69, 9.17) is 30.5 Å². The first-order valence-electron chi connectivity index (χ1n) is 10.4. The molecule has 1 aliphatic carbocycles. The Morgan fingerprint density at radius 3 is 2.53 bits per heavy atom. The topological polar surface area (TPSA) is 66.9 Å². The predicted molar refractivity (Wildman–Crippen MR) is 123 cm³/mol. The molecule has 0 bridgehead atoms. The van der Waals surface area contributed by atoms with E-state index in [0.29, 0.717) is 24.0 Å². The first-order chi connectivity index (χ1) is 15.4. The molecule has 0 saturated heterocycles. The van der Waals surface area contributed by atoms with Gasteiger partial charge in [-0.1, -0.05) is 35.9 Å². The number of aromatic nitrogens is 1. The van der Waals surface area contributed by atoms with E-state index in [9.17, 15) is 4.79 Å². The van der Waals surface area contributed by atoms with E-state index in [-0.39, 0.29) is 11.9 Å². The lowest BCUT2D eigenvalue weighted by Crippen LogP contribution is -2.15. The number of nitrogens with zero attached hydrogens (tertiary/aromatic N) is 1. The maximum Gasteiger partial charge on any atom is 0.303 e. The van der Waals surface area contributed by atoms with Crippen LogP contribution in [0.25, 0.3) is 0 Å². The van der Waals surface area contributed by atoms with Crippen LogP contribution in [0.2, 0.25) is 5.15 Å². The zero-order chi connectivity index (χ0) is 23.1. The number of rotatable bonds is 9. The molecule has 3 rings (SSSR count). The largest absolute Gasteiger partial charge is 0.493 e. The van der Waals surface area contributed by atoms with Crippen LogP contribution >= 0.6 is 11.6 Å². The third kappa shape index (κ3) is 6.11. The number of benzene rings is 1. The zero-order valence-corrected chi connectivity index (χ0v) is 19.5. The molecule has 7 heteroatoms. The van der Waals surface area contributed by atoms with Crippen molar-refractivity contribution in [3.8, 4) is 11.5 Å². The number of halogens is 1. The maximum absolute atomic E-state index is 11.9. The van der Waals surface area contributed by atoms with Gasteiger partial charge in [0.15, 0.2) is 23.8 Å². The second-order valence-corrected chi connectivity index (χ2v) is 8.01. The highest BCUT2D eigenvalue weighted by Gasteiger charge is 2.25. The maximum atomic E-state index is 11.9. The van der Waals surface area contributed by atoms with Crippen LogP contribution in [0.4, 0.5) is 0 Å². The Labute approximate surface area is 193 Å². The van der Waals surface area contributed by atoms with E-state index in [1.165, 1.54) is 14.0 Å². The molecular formula is C25H28ClNO5. The molecule has 0 N–H and O–H groups in total. The molecule has 0 amide bonds. The van der Waals surface area contributed by atoms with Gasteiger partial charge in [0.05, 0.1) is 12.3 Å². The summed E-state index contributed by atoms with van der Waals surface area (Å²) in [6.07, 6.45) is 8.65. The number of hydrogen-bond donors (Lipinski definition) is 0. The Bertz CT molecular complexity index is 994. The molecule has 2 aromatic rings. The van der Waals surface area contributed by atoms with Crippen molar-refractivity contribution in [3.63, 3.8) is 0 Å². The molecule has 2 unspecified atom stereocenters. The van der Waals surface area contributed by atoms with Gasteiger partial charge in [0.2, 0.25) is 0 Å². The van der Waals surface area contributed by atoms with Crippen molar-refractivity contribution in [2.45, 2.75) is 33.3 Å². The SMILES string of the molecule is COCOc1ccc(C(OC(C)=O)c2c(C)cc(OCC3C=CC=CC3)cc2C)nc1Cl. The third-order valence-electron chi connectivity index (χ3n) is 5.08. The number of methoxy groups -OCH3 is 1. The van der Waals surface area contributed by atoms with Crippen LogP contribution in [-0.4, -0.2) is 31.5 Å². The smallest absolute Gasteiger partial charge is 0.303 e. The first-order valence-corrected chi connectivity index (χ1v) is 10.8. The summed E-state index contributed by atoms with van der Waals surface area (Å²) in [5.74, 6) is 1.12. The fraction of sp³-hybridized carbons (Fsp3) is 0.360. The number of esters is 1. The Kier molecular flexibility index (Phi) is 8.31. The fourth-order valence-corrected chi connectivity index (χ4v) is 3.85. The van der Waals surface area contributed by atoms with Crippen molar-refractivity contribution in [2.24, 2.45) is 5.92 Å². The quantitative estimate of drug-likeness (QED) is 0.281. The second kappa shape index (κ2) is 11.2. The van der Waals surface area contributed by atoms with Gasteiger partial charge in [-0.25, -0.2) is 4.98 Å². The number of hydrogen-bond acceptors (Lipinski definition) is 6. The lowest BCUT2D eigenvalue weighted by Gasteiger charge is -2.23. The monoisotopic (exact) mass is 457 g/mol. The standard InChI is InChI=1S/C25H28ClNO5/c1-16-12-20(30-14-19-8-6-5-7-9-19)13-17(2)23(16)24(32-18(3)28)21-10-11-22(25(26)27-21)31-15-29-4/h5-8,10-13,19,24H,9,14-15H2,1-4H3. The summed E-state index contributed by atoms with van der Waals surface area (Å²) in [4.78, 5) is 16.3. The highest BCUT2D eigenvalue weighted by Crippen LogP contribution is 2.35. The summed E-state index contributed by atoms with van der Waals surface area (Å²) in [6, 6.07) is 7.34. The highest BCUT2D eigenvalue weighted by atomic mass is 35.5. The van der Waals surface area contributed by atoms with Gasteiger partial charge in [-0.15, -0.1) is 0 Å². The average molecular weight is 458 g/mol. The highest BCUT2D eigenvalue weighted by molar-refractivity contribution is 6.30. The van der Waals surface area contributed by atoms with Crippen molar-refractivity contribution in [3.05, 3.63) is 76.1 Å². The first kappa shape index (κ1) is 23.8. The molecule has 1 aromatic carbocycles. The van der Waals surface area contributed by atoms with Crippen LogP contribution in [0.5, 0.6) is 11.5 Å². The molecular weight excluding hydrogens is 430 g/mol. The Morgan fingerprint density at radius 2 is 1.94 bits per heavy atom. The summed E-state index contributed by atoms with van der Waals surface area (Å²) in [6.45, 7) is 5.96. The molecule has 2 atom stereocenters. The lowest BCUT2D eigenvalue weighted by molar-refractivity contribution is -0.144. The minimum Gasteiger partial charge on any atom is -0.493 e. The van der Waals surface area contributed by atoms with E-state index < -0.39 is 12.1 Å². The normalized spacial score (nSPS) is 16.0. The number of aryl methyl sites for hydroxylation is 2. The van der Waals surface area contributed by atoms with Gasteiger partial charge < -0.3 is 18.9 Å². The molecule has 0 saturated carbocycles. The zero-order valence-electron chi connectivity index (χ0n) is 18.8. The van der Waals surface area contributed by atoms with Gasteiger partial charge in [0.25, 0.3) is 0 Å². The summed E-state index contributed by atoms with van der Waals surface area (Å²) in [5, 5.41) is 0.168. The van der Waals surface area contributed by atoms with Crippen molar-refractivity contribution in [1.29, 1.82) is 0 Å². The Balaban J connectivity index is 1.87. The van der Waals surface area contributed by atoms with Crippen molar-refractivity contribution < 1.29 is 23.7 Å². The van der Waals surface area contributed by atoms with Crippen molar-refractivity contribution in [2.75, 3.05) is 20.5 Å². The van der Waals surface area contributed by atoms with E-state index in [1.54, 1.807) is 12.1 Å². The summed E-state index contributed by atoms with van der Waals surface area (Å²) < 4.78 is 22.0. The van der Waals surface area contributed by atoms with Crippen LogP contribution in [-0.2, 0) is 14.3 Å². The molecule has 0 spiro atoms. The van der Waals surface area contributed by atoms with E-state index in [1.807, 2.05) is 38.1 Å². The van der Waals surface area contributed by atoms with Gasteiger partial charge >= 0.3 is 5.97 Å². The number of allylic oxidation sites excluding steroid dienone is 3. The van der Waals surface area contributed by atoms with Crippen LogP contribution in [0.15, 0.2) is 48.6 Å². The molecule has 32 heavy (non-hydrogen) atoms. The van der Waals surface area contributed by atoms with Gasteiger partial charge in [-0.05, 0) is 55.7 Å². The second-order valence-electron chi connectivity index (χ2n) is 7.66. The van der Waals surface area contributed by atoms with Gasteiger partial charge in [0.1, 0.15) is 5.75 Å². The Morgan fingerprint density at radius 1 is 1.19 bits per heavy atom. The van der Waals surface area contributed by atoms with Gasteiger partial charge in [0, 0.05) is 25.5 Å². The number of ether oxygens (including phenoxy) is 4. The Hall–Kier alpha value is -2.83. The van der Waals surface area contributed by atoms with Crippen LogP contribution < -0.4 is 9.47 Å².